The number of rotatable bonds is 9. The summed E-state index contributed by atoms with van der Waals surface area (Å²) < 4.78 is 10.2. The third-order valence-electron chi connectivity index (χ3n) is 3.04. The molecule has 0 spiro atoms. The molecule has 1 unspecified atom stereocenters. The van der Waals surface area contributed by atoms with E-state index >= 15 is 0 Å². The van der Waals surface area contributed by atoms with E-state index < -0.39 is 0 Å². The Bertz CT molecular complexity index is 328. The number of hydrogen-bond donors (Lipinski definition) is 1. The van der Waals surface area contributed by atoms with Crippen LogP contribution in [0.2, 0.25) is 0 Å². The van der Waals surface area contributed by atoms with Crippen LogP contribution in [0.1, 0.15) is 18.9 Å². The molecule has 0 aliphatic rings. The van der Waals surface area contributed by atoms with E-state index in [1.807, 2.05) is 6.07 Å². The smallest absolute Gasteiger partial charge is 0.119 e. The highest BCUT2D eigenvalue weighted by atomic mass is 16.5. The van der Waals surface area contributed by atoms with E-state index in [0.717, 1.165) is 31.9 Å². The number of nitrogens with one attached hydrogen (secondary N) is 1. The zero-order chi connectivity index (χ0) is 13.2. The predicted molar refractivity (Wildman–Crippen MR) is 75.2 cm³/mol. The van der Waals surface area contributed by atoms with Gasteiger partial charge in [0.2, 0.25) is 0 Å². The molecule has 102 valence electrons. The molecule has 0 aliphatic heterocycles. The summed E-state index contributed by atoms with van der Waals surface area (Å²) in [4.78, 5) is 0. The molecule has 1 N–H and O–H groups in total. The summed E-state index contributed by atoms with van der Waals surface area (Å²) in [5.74, 6) is 1.62. The predicted octanol–water partition coefficient (Wildman–Crippen LogP) is 2.50. The molecule has 1 aromatic rings. The van der Waals surface area contributed by atoms with Gasteiger partial charge in [-0.05, 0) is 43.0 Å². The average Bonchev–Trinajstić information content (AvgIpc) is 2.41. The quantitative estimate of drug-likeness (QED) is 0.684. The van der Waals surface area contributed by atoms with Gasteiger partial charge >= 0.3 is 0 Å². The highest BCUT2D eigenvalue weighted by molar-refractivity contribution is 5.28. The van der Waals surface area contributed by atoms with Crippen molar-refractivity contribution in [2.75, 3.05) is 33.9 Å². The van der Waals surface area contributed by atoms with Gasteiger partial charge in [-0.25, -0.2) is 0 Å². The second kappa shape index (κ2) is 8.95. The van der Waals surface area contributed by atoms with Crippen molar-refractivity contribution in [2.24, 2.45) is 5.92 Å². The fourth-order valence-electron chi connectivity index (χ4n) is 1.87. The van der Waals surface area contributed by atoms with Crippen molar-refractivity contribution in [1.29, 1.82) is 0 Å². The Labute approximate surface area is 110 Å². The van der Waals surface area contributed by atoms with E-state index in [-0.39, 0.29) is 0 Å². The van der Waals surface area contributed by atoms with Crippen molar-refractivity contribution in [3.8, 4) is 5.75 Å². The van der Waals surface area contributed by atoms with Crippen molar-refractivity contribution in [2.45, 2.75) is 19.8 Å². The van der Waals surface area contributed by atoms with Crippen molar-refractivity contribution >= 4 is 0 Å². The van der Waals surface area contributed by atoms with Crippen molar-refractivity contribution < 1.29 is 9.47 Å². The number of aryl methyl sites for hydroxylation is 1. The first-order chi connectivity index (χ1) is 8.76. The molecule has 3 nitrogen and oxygen atoms in total. The summed E-state index contributed by atoms with van der Waals surface area (Å²) in [5.41, 5.74) is 1.35. The van der Waals surface area contributed by atoms with Gasteiger partial charge in [0.1, 0.15) is 5.75 Å². The molecule has 0 saturated heterocycles. The summed E-state index contributed by atoms with van der Waals surface area (Å²) >= 11 is 0. The van der Waals surface area contributed by atoms with E-state index in [4.69, 9.17) is 9.47 Å². The Morgan fingerprint density at radius 2 is 2.11 bits per heavy atom. The van der Waals surface area contributed by atoms with Gasteiger partial charge in [-0.3, -0.25) is 0 Å². The van der Waals surface area contributed by atoms with Crippen molar-refractivity contribution in [3.63, 3.8) is 0 Å². The first-order valence-corrected chi connectivity index (χ1v) is 6.59. The maximum atomic E-state index is 5.23. The van der Waals surface area contributed by atoms with Crippen LogP contribution in [0.15, 0.2) is 24.3 Å². The molecular weight excluding hydrogens is 226 g/mol. The highest BCUT2D eigenvalue weighted by Gasteiger charge is 2.03. The highest BCUT2D eigenvalue weighted by Crippen LogP contribution is 2.15. The minimum absolute atomic E-state index is 0.674. The molecule has 0 aromatic heterocycles. The Balaban J connectivity index is 2.22. The Morgan fingerprint density at radius 1 is 1.28 bits per heavy atom. The first-order valence-electron chi connectivity index (χ1n) is 6.59. The number of hydrogen-bond acceptors (Lipinski definition) is 3. The second-order valence-electron chi connectivity index (χ2n) is 4.69. The topological polar surface area (TPSA) is 30.5 Å². The molecular formula is C15H25NO2. The third-order valence-corrected chi connectivity index (χ3v) is 3.04. The van der Waals surface area contributed by atoms with Gasteiger partial charge in [0.05, 0.1) is 13.7 Å². The lowest BCUT2D eigenvalue weighted by Gasteiger charge is -2.12. The molecule has 1 rings (SSSR count). The fourth-order valence-corrected chi connectivity index (χ4v) is 1.87. The monoisotopic (exact) mass is 251 g/mol. The lowest BCUT2D eigenvalue weighted by atomic mass is 10.0. The van der Waals surface area contributed by atoms with Gasteiger partial charge in [-0.2, -0.15) is 0 Å². The molecule has 3 heteroatoms. The van der Waals surface area contributed by atoms with E-state index in [9.17, 15) is 0 Å². The van der Waals surface area contributed by atoms with E-state index in [0.29, 0.717) is 5.92 Å². The maximum Gasteiger partial charge on any atom is 0.119 e. The van der Waals surface area contributed by atoms with Crippen LogP contribution in [0.4, 0.5) is 0 Å². The molecule has 0 heterocycles. The molecule has 18 heavy (non-hydrogen) atoms. The first kappa shape index (κ1) is 15.0. The zero-order valence-electron chi connectivity index (χ0n) is 11.7. The molecule has 0 aliphatic carbocycles. The largest absolute Gasteiger partial charge is 0.497 e. The number of benzene rings is 1. The molecule has 0 radical (unpaired) electrons. The Morgan fingerprint density at radius 3 is 2.83 bits per heavy atom. The summed E-state index contributed by atoms with van der Waals surface area (Å²) in [5, 5.41) is 3.40. The zero-order valence-corrected chi connectivity index (χ0v) is 11.7. The normalized spacial score (nSPS) is 12.4. The van der Waals surface area contributed by atoms with E-state index in [2.05, 4.69) is 30.4 Å². The van der Waals surface area contributed by atoms with Crippen LogP contribution in [0.3, 0.4) is 0 Å². The van der Waals surface area contributed by atoms with Crippen LogP contribution < -0.4 is 10.1 Å². The minimum atomic E-state index is 0.674. The van der Waals surface area contributed by atoms with Crippen LogP contribution in [-0.2, 0) is 11.2 Å². The van der Waals surface area contributed by atoms with Gasteiger partial charge in [-0.15, -0.1) is 0 Å². The van der Waals surface area contributed by atoms with Crippen LogP contribution in [0.5, 0.6) is 5.75 Å². The Kier molecular flexibility index (Phi) is 7.46. The molecule has 0 amide bonds. The number of ether oxygens (including phenoxy) is 2. The molecule has 0 bridgehead atoms. The van der Waals surface area contributed by atoms with Crippen molar-refractivity contribution in [3.05, 3.63) is 29.8 Å². The SMILES string of the molecule is COCCNCC(C)CCc1cccc(OC)c1. The van der Waals surface area contributed by atoms with Crippen molar-refractivity contribution in [1.82, 2.24) is 5.32 Å². The van der Waals surface area contributed by atoms with Gasteiger partial charge in [0.15, 0.2) is 0 Å². The number of methoxy groups -OCH3 is 2. The van der Waals surface area contributed by atoms with Gasteiger partial charge in [0.25, 0.3) is 0 Å². The summed E-state index contributed by atoms with van der Waals surface area (Å²) in [6.45, 7) is 5.04. The molecule has 1 atom stereocenters. The summed E-state index contributed by atoms with van der Waals surface area (Å²) in [6.07, 6.45) is 2.29. The fraction of sp³-hybridized carbons (Fsp3) is 0.600. The van der Waals surface area contributed by atoms with Crippen LogP contribution >= 0.6 is 0 Å². The second-order valence-corrected chi connectivity index (χ2v) is 4.69. The average molecular weight is 251 g/mol. The lowest BCUT2D eigenvalue weighted by molar-refractivity contribution is 0.198. The molecule has 0 fully saturated rings. The standard InChI is InChI=1S/C15H25NO2/c1-13(12-16-9-10-17-2)7-8-14-5-4-6-15(11-14)18-3/h4-6,11,13,16H,7-10,12H2,1-3H3. The van der Waals surface area contributed by atoms with Gasteiger partial charge in [0, 0.05) is 13.7 Å². The van der Waals surface area contributed by atoms with E-state index in [1.165, 1.54) is 12.0 Å². The molecule has 0 saturated carbocycles. The van der Waals surface area contributed by atoms with Crippen LogP contribution in [0.25, 0.3) is 0 Å². The summed E-state index contributed by atoms with van der Waals surface area (Å²) in [7, 11) is 3.44. The third kappa shape index (κ3) is 6.03. The summed E-state index contributed by atoms with van der Waals surface area (Å²) in [6, 6.07) is 8.31. The van der Waals surface area contributed by atoms with Crippen LogP contribution in [-0.4, -0.2) is 33.9 Å². The van der Waals surface area contributed by atoms with Crippen LogP contribution in [0, 0.1) is 5.92 Å². The molecule has 1 aromatic carbocycles. The van der Waals surface area contributed by atoms with Gasteiger partial charge < -0.3 is 14.8 Å². The van der Waals surface area contributed by atoms with Gasteiger partial charge in [-0.1, -0.05) is 19.1 Å². The maximum absolute atomic E-state index is 5.23. The lowest BCUT2D eigenvalue weighted by Crippen LogP contribution is -2.25. The minimum Gasteiger partial charge on any atom is -0.497 e. The Hall–Kier alpha value is -1.06. The van der Waals surface area contributed by atoms with E-state index in [1.54, 1.807) is 14.2 Å².